The highest BCUT2D eigenvalue weighted by atomic mass is 16.5. The summed E-state index contributed by atoms with van der Waals surface area (Å²) in [6.45, 7) is -0.539. The van der Waals surface area contributed by atoms with Gasteiger partial charge in [0.05, 0.1) is 32.8 Å². The van der Waals surface area contributed by atoms with Gasteiger partial charge in [-0.15, -0.1) is 0 Å². The molecular formula is C22H22N2O7. The maximum absolute atomic E-state index is 13.2. The molecule has 0 bridgehead atoms. The van der Waals surface area contributed by atoms with E-state index >= 15 is 0 Å². The zero-order valence-corrected chi connectivity index (χ0v) is 17.3. The van der Waals surface area contributed by atoms with Crippen LogP contribution in [0.4, 0.5) is 5.69 Å². The van der Waals surface area contributed by atoms with Gasteiger partial charge >= 0.3 is 5.97 Å². The number of ether oxygens (including phenoxy) is 2. The molecule has 2 aromatic carbocycles. The third-order valence-electron chi connectivity index (χ3n) is 4.98. The average Bonchev–Trinajstić information content (AvgIpc) is 2.76. The van der Waals surface area contributed by atoms with Gasteiger partial charge in [0.15, 0.2) is 11.5 Å². The smallest absolute Gasteiger partial charge is 0.307 e. The predicted octanol–water partition coefficient (Wildman–Crippen LogP) is 1.94. The maximum atomic E-state index is 13.2. The summed E-state index contributed by atoms with van der Waals surface area (Å²) in [4.78, 5) is 40.7. The average molecular weight is 426 g/mol. The summed E-state index contributed by atoms with van der Waals surface area (Å²) in [7, 11) is 4.42. The number of aromatic amines is 1. The van der Waals surface area contributed by atoms with Crippen LogP contribution < -0.4 is 19.9 Å². The number of nitrogens with one attached hydrogen (secondary N) is 1. The molecule has 0 radical (unpaired) electrons. The zero-order chi connectivity index (χ0) is 22.7. The topological polar surface area (TPSA) is 129 Å². The number of pyridine rings is 1. The highest BCUT2D eigenvalue weighted by molar-refractivity contribution is 6.09. The molecule has 0 spiro atoms. The molecular weight excluding hydrogens is 404 g/mol. The fraction of sp³-hybridized carbons (Fsp3) is 0.227. The number of methoxy groups -OCH3 is 2. The van der Waals surface area contributed by atoms with Crippen LogP contribution in [-0.4, -0.2) is 48.3 Å². The van der Waals surface area contributed by atoms with Crippen molar-refractivity contribution < 1.29 is 29.3 Å². The van der Waals surface area contributed by atoms with Gasteiger partial charge in [0.25, 0.3) is 11.5 Å². The molecule has 0 saturated heterocycles. The minimum absolute atomic E-state index is 0.137. The van der Waals surface area contributed by atoms with Gasteiger partial charge in [0.2, 0.25) is 0 Å². The van der Waals surface area contributed by atoms with Crippen molar-refractivity contribution >= 4 is 28.5 Å². The summed E-state index contributed by atoms with van der Waals surface area (Å²) in [5.74, 6) is -0.794. The van der Waals surface area contributed by atoms with Gasteiger partial charge in [-0.25, -0.2) is 0 Å². The number of nitrogens with zero attached hydrogens (tertiary/aromatic N) is 1. The molecule has 3 rings (SSSR count). The molecule has 0 unspecified atom stereocenters. The van der Waals surface area contributed by atoms with Crippen molar-refractivity contribution in [3.05, 3.63) is 63.4 Å². The summed E-state index contributed by atoms with van der Waals surface area (Å²) < 4.78 is 10.5. The highest BCUT2D eigenvalue weighted by Crippen LogP contribution is 2.33. The summed E-state index contributed by atoms with van der Waals surface area (Å²) >= 11 is 0. The van der Waals surface area contributed by atoms with E-state index < -0.39 is 24.0 Å². The summed E-state index contributed by atoms with van der Waals surface area (Å²) in [5, 5.41) is 19.3. The largest absolute Gasteiger partial charge is 0.493 e. The third-order valence-corrected chi connectivity index (χ3v) is 4.98. The van der Waals surface area contributed by atoms with Gasteiger partial charge in [-0.05, 0) is 23.8 Å². The van der Waals surface area contributed by atoms with Crippen molar-refractivity contribution in [2.24, 2.45) is 0 Å². The molecule has 1 aromatic heterocycles. The SMILES string of the molecule is COc1cc2[nH]c(=O)c(C(=O)N(C)c3ccc(CC(=O)O)cc3)c(CO)c2cc1OC. The van der Waals surface area contributed by atoms with E-state index in [4.69, 9.17) is 14.6 Å². The molecule has 162 valence electrons. The Kier molecular flexibility index (Phi) is 6.26. The molecule has 0 aliphatic carbocycles. The van der Waals surface area contributed by atoms with Crippen LogP contribution in [0.25, 0.3) is 10.9 Å². The number of carbonyl (C=O) groups is 2. The summed E-state index contributed by atoms with van der Waals surface area (Å²) in [6.07, 6.45) is -0.137. The standard InChI is InChI=1S/C22H22N2O7/c1-24(13-6-4-12(5-7-13)8-19(26)27)22(29)20-15(11-25)14-9-17(30-2)18(31-3)10-16(14)23-21(20)28/h4-7,9-10,25H,8,11H2,1-3H3,(H,23,28)(H,26,27). The Morgan fingerprint density at radius 2 is 1.68 bits per heavy atom. The van der Waals surface area contributed by atoms with Gasteiger partial charge in [0.1, 0.15) is 5.56 Å². The Labute approximate surface area is 177 Å². The lowest BCUT2D eigenvalue weighted by Crippen LogP contribution is -2.33. The van der Waals surface area contributed by atoms with Gasteiger partial charge in [-0.2, -0.15) is 0 Å². The first-order chi connectivity index (χ1) is 14.8. The number of hydrogen-bond acceptors (Lipinski definition) is 6. The van der Waals surface area contributed by atoms with E-state index in [-0.39, 0.29) is 17.5 Å². The molecule has 0 aliphatic rings. The van der Waals surface area contributed by atoms with Crippen molar-refractivity contribution in [2.75, 3.05) is 26.2 Å². The molecule has 31 heavy (non-hydrogen) atoms. The zero-order valence-electron chi connectivity index (χ0n) is 17.3. The van der Waals surface area contributed by atoms with Crippen molar-refractivity contribution in [1.82, 2.24) is 4.98 Å². The number of fused-ring (bicyclic) bond motifs is 1. The van der Waals surface area contributed by atoms with Crippen LogP contribution in [0.5, 0.6) is 11.5 Å². The lowest BCUT2D eigenvalue weighted by Gasteiger charge is -2.20. The fourth-order valence-corrected chi connectivity index (χ4v) is 3.38. The monoisotopic (exact) mass is 426 g/mol. The predicted molar refractivity (Wildman–Crippen MR) is 114 cm³/mol. The Bertz CT molecular complexity index is 1200. The molecule has 3 N–H and O–H groups in total. The van der Waals surface area contributed by atoms with E-state index in [1.54, 1.807) is 36.4 Å². The molecule has 0 fully saturated rings. The normalized spacial score (nSPS) is 10.7. The van der Waals surface area contributed by atoms with Crippen LogP contribution in [-0.2, 0) is 17.8 Å². The molecule has 0 saturated carbocycles. The van der Waals surface area contributed by atoms with Crippen molar-refractivity contribution in [1.29, 1.82) is 0 Å². The van der Waals surface area contributed by atoms with E-state index in [1.165, 1.54) is 26.2 Å². The lowest BCUT2D eigenvalue weighted by molar-refractivity contribution is -0.136. The van der Waals surface area contributed by atoms with Crippen LogP contribution >= 0.6 is 0 Å². The second-order valence-corrected chi connectivity index (χ2v) is 6.82. The molecule has 1 amide bonds. The van der Waals surface area contributed by atoms with Crippen LogP contribution in [0.3, 0.4) is 0 Å². The van der Waals surface area contributed by atoms with Crippen molar-refractivity contribution in [3.63, 3.8) is 0 Å². The highest BCUT2D eigenvalue weighted by Gasteiger charge is 2.24. The van der Waals surface area contributed by atoms with Gasteiger partial charge in [-0.1, -0.05) is 12.1 Å². The number of anilines is 1. The number of benzene rings is 2. The van der Waals surface area contributed by atoms with Crippen LogP contribution in [0.15, 0.2) is 41.2 Å². The van der Waals surface area contributed by atoms with Crippen LogP contribution in [0.1, 0.15) is 21.5 Å². The maximum Gasteiger partial charge on any atom is 0.307 e. The summed E-state index contributed by atoms with van der Waals surface area (Å²) in [6, 6.07) is 9.54. The number of carboxylic acids is 1. The van der Waals surface area contributed by atoms with Crippen molar-refractivity contribution in [2.45, 2.75) is 13.0 Å². The van der Waals surface area contributed by atoms with Crippen LogP contribution in [0, 0.1) is 0 Å². The number of carbonyl (C=O) groups excluding carboxylic acids is 1. The number of carboxylic acid groups (broad SMARTS) is 1. The molecule has 3 aromatic rings. The number of H-pyrrole nitrogens is 1. The number of amides is 1. The fourth-order valence-electron chi connectivity index (χ4n) is 3.38. The quantitative estimate of drug-likeness (QED) is 0.526. The van der Waals surface area contributed by atoms with E-state index in [1.807, 2.05) is 0 Å². The number of aliphatic hydroxyl groups excluding tert-OH is 1. The Hall–Kier alpha value is -3.85. The van der Waals surface area contributed by atoms with Gasteiger partial charge in [0, 0.05) is 29.8 Å². The van der Waals surface area contributed by atoms with E-state index in [9.17, 15) is 19.5 Å². The Morgan fingerprint density at radius 1 is 1.06 bits per heavy atom. The molecule has 9 nitrogen and oxygen atoms in total. The Balaban J connectivity index is 2.08. The first-order valence-corrected chi connectivity index (χ1v) is 9.31. The molecule has 9 heteroatoms. The van der Waals surface area contributed by atoms with Crippen molar-refractivity contribution in [3.8, 4) is 11.5 Å². The number of aromatic nitrogens is 1. The minimum Gasteiger partial charge on any atom is -0.493 e. The molecule has 1 heterocycles. The lowest BCUT2D eigenvalue weighted by atomic mass is 10.0. The number of aliphatic hydroxyl groups is 1. The number of hydrogen-bond donors (Lipinski definition) is 3. The van der Waals surface area contributed by atoms with E-state index in [0.29, 0.717) is 33.7 Å². The third kappa shape index (κ3) is 4.22. The second kappa shape index (κ2) is 8.88. The number of rotatable bonds is 7. The van der Waals surface area contributed by atoms with Gasteiger partial charge < -0.3 is 29.6 Å². The minimum atomic E-state index is -0.959. The summed E-state index contributed by atoms with van der Waals surface area (Å²) in [5.41, 5.74) is 0.762. The van der Waals surface area contributed by atoms with Crippen LogP contribution in [0.2, 0.25) is 0 Å². The second-order valence-electron chi connectivity index (χ2n) is 6.82. The first kappa shape index (κ1) is 21.8. The molecule has 0 aliphatic heterocycles. The van der Waals surface area contributed by atoms with Gasteiger partial charge in [-0.3, -0.25) is 14.4 Å². The van der Waals surface area contributed by atoms with E-state index in [2.05, 4.69) is 4.98 Å². The molecule has 0 atom stereocenters. The first-order valence-electron chi connectivity index (χ1n) is 9.31. The number of aliphatic carboxylic acids is 1. The Morgan fingerprint density at radius 3 is 2.23 bits per heavy atom. The van der Waals surface area contributed by atoms with E-state index in [0.717, 1.165) is 0 Å².